The topological polar surface area (TPSA) is 29.3 Å². The van der Waals surface area contributed by atoms with E-state index in [4.69, 9.17) is 17.3 Å². The van der Waals surface area contributed by atoms with E-state index in [2.05, 4.69) is 18.0 Å². The number of halogens is 1. The first-order chi connectivity index (χ1) is 6.72. The monoisotopic (exact) mass is 210 g/mol. The van der Waals surface area contributed by atoms with Crippen molar-refractivity contribution in [2.24, 2.45) is 5.73 Å². The number of rotatable bonds is 2. The third-order valence-corrected chi connectivity index (χ3v) is 3.17. The molecular weight excluding hydrogens is 196 g/mol. The maximum Gasteiger partial charge on any atom is 0.0426 e. The Morgan fingerprint density at radius 3 is 3.07 bits per heavy atom. The van der Waals surface area contributed by atoms with Gasteiger partial charge in [0.15, 0.2) is 0 Å². The quantitative estimate of drug-likeness (QED) is 0.810. The van der Waals surface area contributed by atoms with E-state index >= 15 is 0 Å². The molecule has 1 aromatic carbocycles. The Kier molecular flexibility index (Phi) is 2.66. The van der Waals surface area contributed by atoms with Crippen molar-refractivity contribution in [1.82, 2.24) is 0 Å². The first-order valence-electron chi connectivity index (χ1n) is 4.93. The number of hydrogen-bond donors (Lipinski definition) is 1. The smallest absolute Gasteiger partial charge is 0.0426 e. The van der Waals surface area contributed by atoms with Crippen molar-refractivity contribution in [3.63, 3.8) is 0 Å². The van der Waals surface area contributed by atoms with Crippen molar-refractivity contribution in [2.75, 3.05) is 18.5 Å². The minimum atomic E-state index is 0.550. The van der Waals surface area contributed by atoms with Gasteiger partial charge in [-0.05, 0) is 37.1 Å². The lowest BCUT2D eigenvalue weighted by atomic mass is 10.1. The summed E-state index contributed by atoms with van der Waals surface area (Å²) < 4.78 is 0. The van der Waals surface area contributed by atoms with Gasteiger partial charge in [0.2, 0.25) is 0 Å². The minimum Gasteiger partial charge on any atom is -0.371 e. The summed E-state index contributed by atoms with van der Waals surface area (Å²) in [5, 5.41) is 0.809. The average molecular weight is 211 g/mol. The van der Waals surface area contributed by atoms with E-state index in [0.29, 0.717) is 6.04 Å². The predicted octanol–water partition coefficient (Wildman–Crippen LogP) is 2.05. The molecule has 0 aliphatic carbocycles. The average Bonchev–Trinajstić information content (AvgIpc) is 2.46. The number of nitrogens with zero attached hydrogens (tertiary/aromatic N) is 1. The van der Waals surface area contributed by atoms with E-state index in [9.17, 15) is 0 Å². The van der Waals surface area contributed by atoms with Crippen LogP contribution in [0.5, 0.6) is 0 Å². The molecular formula is C11H15ClN2. The van der Waals surface area contributed by atoms with Gasteiger partial charge in [0, 0.05) is 23.8 Å². The molecule has 14 heavy (non-hydrogen) atoms. The van der Waals surface area contributed by atoms with Crippen LogP contribution in [0.15, 0.2) is 18.2 Å². The molecule has 0 fully saturated rings. The highest BCUT2D eigenvalue weighted by atomic mass is 35.5. The molecule has 2 rings (SSSR count). The maximum atomic E-state index is 5.96. The highest BCUT2D eigenvalue weighted by Gasteiger charge is 2.25. The van der Waals surface area contributed by atoms with Gasteiger partial charge in [-0.25, -0.2) is 0 Å². The fraction of sp³-hybridized carbons (Fsp3) is 0.455. The largest absolute Gasteiger partial charge is 0.371 e. The van der Waals surface area contributed by atoms with Gasteiger partial charge in [-0.1, -0.05) is 17.7 Å². The molecule has 2 nitrogen and oxygen atoms in total. The lowest BCUT2D eigenvalue weighted by molar-refractivity contribution is 0.617. The van der Waals surface area contributed by atoms with E-state index < -0.39 is 0 Å². The van der Waals surface area contributed by atoms with Crippen LogP contribution < -0.4 is 10.6 Å². The third kappa shape index (κ3) is 1.60. The van der Waals surface area contributed by atoms with Crippen LogP contribution in [-0.2, 0) is 6.42 Å². The van der Waals surface area contributed by atoms with Gasteiger partial charge in [0.25, 0.3) is 0 Å². The molecule has 0 radical (unpaired) electrons. The van der Waals surface area contributed by atoms with Gasteiger partial charge in [-0.3, -0.25) is 0 Å². The van der Waals surface area contributed by atoms with Crippen LogP contribution in [0.2, 0.25) is 5.02 Å². The van der Waals surface area contributed by atoms with Gasteiger partial charge in [0.05, 0.1) is 0 Å². The van der Waals surface area contributed by atoms with Crippen LogP contribution >= 0.6 is 11.6 Å². The first-order valence-corrected chi connectivity index (χ1v) is 5.31. The predicted molar refractivity (Wildman–Crippen MR) is 61.0 cm³/mol. The fourth-order valence-corrected chi connectivity index (χ4v) is 2.28. The summed E-state index contributed by atoms with van der Waals surface area (Å²) in [6, 6.07) is 6.66. The van der Waals surface area contributed by atoms with Crippen molar-refractivity contribution in [3.8, 4) is 0 Å². The number of fused-ring (bicyclic) bond motifs is 1. The summed E-state index contributed by atoms with van der Waals surface area (Å²) in [6.07, 6.45) is 2.14. The highest BCUT2D eigenvalue weighted by Crippen LogP contribution is 2.33. The van der Waals surface area contributed by atoms with Crippen molar-refractivity contribution in [2.45, 2.75) is 18.9 Å². The summed E-state index contributed by atoms with van der Waals surface area (Å²) in [4.78, 5) is 2.29. The number of hydrogen-bond acceptors (Lipinski definition) is 2. The van der Waals surface area contributed by atoms with Crippen LogP contribution in [-0.4, -0.2) is 19.6 Å². The molecule has 0 bridgehead atoms. The van der Waals surface area contributed by atoms with Crippen molar-refractivity contribution in [1.29, 1.82) is 0 Å². The zero-order chi connectivity index (χ0) is 10.1. The van der Waals surface area contributed by atoms with Crippen molar-refractivity contribution in [3.05, 3.63) is 28.8 Å². The lowest BCUT2D eigenvalue weighted by Gasteiger charge is -2.21. The molecule has 0 spiro atoms. The summed E-state index contributed by atoms with van der Waals surface area (Å²) in [6.45, 7) is 0.747. The lowest BCUT2D eigenvalue weighted by Crippen LogP contribution is -2.29. The van der Waals surface area contributed by atoms with Crippen LogP contribution in [0.3, 0.4) is 0 Å². The Morgan fingerprint density at radius 1 is 1.57 bits per heavy atom. The molecule has 3 heteroatoms. The van der Waals surface area contributed by atoms with Gasteiger partial charge in [-0.2, -0.15) is 0 Å². The molecule has 1 atom stereocenters. The normalized spacial score (nSPS) is 19.9. The number of anilines is 1. The van der Waals surface area contributed by atoms with E-state index in [0.717, 1.165) is 24.4 Å². The molecule has 1 heterocycles. The molecule has 1 aliphatic heterocycles. The number of benzene rings is 1. The summed E-state index contributed by atoms with van der Waals surface area (Å²) >= 11 is 5.96. The van der Waals surface area contributed by atoms with Gasteiger partial charge < -0.3 is 10.6 Å². The molecule has 0 amide bonds. The second-order valence-corrected chi connectivity index (χ2v) is 4.26. The molecule has 1 unspecified atom stereocenters. The maximum absolute atomic E-state index is 5.96. The molecule has 1 aromatic rings. The molecule has 2 N–H and O–H groups in total. The van der Waals surface area contributed by atoms with Gasteiger partial charge >= 0.3 is 0 Å². The number of nitrogens with two attached hydrogens (primary N) is 1. The van der Waals surface area contributed by atoms with Gasteiger partial charge in [0.1, 0.15) is 0 Å². The van der Waals surface area contributed by atoms with Crippen LogP contribution in [0.4, 0.5) is 5.69 Å². The summed E-state index contributed by atoms with van der Waals surface area (Å²) in [7, 11) is 2.11. The van der Waals surface area contributed by atoms with E-state index in [1.165, 1.54) is 11.3 Å². The van der Waals surface area contributed by atoms with Crippen LogP contribution in [0.1, 0.15) is 12.0 Å². The summed E-state index contributed by atoms with van der Waals surface area (Å²) in [5.41, 5.74) is 8.23. The molecule has 76 valence electrons. The highest BCUT2D eigenvalue weighted by molar-refractivity contribution is 6.30. The summed E-state index contributed by atoms with van der Waals surface area (Å²) in [5.74, 6) is 0. The SMILES string of the molecule is CN1c2cc(Cl)ccc2CC1CCN. The minimum absolute atomic E-state index is 0.550. The Bertz CT molecular complexity index is 338. The first kappa shape index (κ1) is 9.81. The van der Waals surface area contributed by atoms with Crippen LogP contribution in [0, 0.1) is 0 Å². The van der Waals surface area contributed by atoms with Crippen molar-refractivity contribution < 1.29 is 0 Å². The Morgan fingerprint density at radius 2 is 2.36 bits per heavy atom. The van der Waals surface area contributed by atoms with Crippen LogP contribution in [0.25, 0.3) is 0 Å². The molecule has 1 aliphatic rings. The van der Waals surface area contributed by atoms with Gasteiger partial charge in [-0.15, -0.1) is 0 Å². The zero-order valence-corrected chi connectivity index (χ0v) is 9.09. The molecule has 0 saturated heterocycles. The third-order valence-electron chi connectivity index (χ3n) is 2.93. The fourth-order valence-electron chi connectivity index (χ4n) is 2.11. The Labute approximate surface area is 89.7 Å². The standard InChI is InChI=1S/C11H15ClN2/c1-14-10(4-5-13)6-8-2-3-9(12)7-11(8)14/h2-3,7,10H,4-6,13H2,1H3. The molecule has 0 aromatic heterocycles. The zero-order valence-electron chi connectivity index (χ0n) is 8.33. The Balaban J connectivity index is 2.27. The van der Waals surface area contributed by atoms with E-state index in [1.54, 1.807) is 0 Å². The Hall–Kier alpha value is -0.730. The van der Waals surface area contributed by atoms with Crippen molar-refractivity contribution >= 4 is 17.3 Å². The number of likely N-dealkylation sites (N-methyl/N-ethyl adjacent to an activating group) is 1. The second-order valence-electron chi connectivity index (χ2n) is 3.82. The molecule has 0 saturated carbocycles. The van der Waals surface area contributed by atoms with E-state index in [1.807, 2.05) is 12.1 Å². The van der Waals surface area contributed by atoms with E-state index in [-0.39, 0.29) is 0 Å². The second kappa shape index (κ2) is 3.79.